The summed E-state index contributed by atoms with van der Waals surface area (Å²) in [7, 11) is 3.19. The van der Waals surface area contributed by atoms with Crippen molar-refractivity contribution in [3.05, 3.63) is 23.8 Å². The summed E-state index contributed by atoms with van der Waals surface area (Å²) in [6.45, 7) is 4.34. The summed E-state index contributed by atoms with van der Waals surface area (Å²) in [6, 6.07) is 5.06. The van der Waals surface area contributed by atoms with Gasteiger partial charge in [-0.05, 0) is 79.9 Å². The molecule has 4 saturated carbocycles. The second-order valence-electron chi connectivity index (χ2n) is 10.3. The molecule has 0 radical (unpaired) electrons. The molecule has 0 aromatic heterocycles. The maximum Gasteiger partial charge on any atom is 0.243 e. The zero-order valence-corrected chi connectivity index (χ0v) is 19.2. The van der Waals surface area contributed by atoms with Gasteiger partial charge in [0.05, 0.1) is 14.2 Å². The van der Waals surface area contributed by atoms with Gasteiger partial charge in [0.15, 0.2) is 11.5 Å². The fraction of sp³-hybridized carbons (Fsp3) is 0.680. The average Bonchev–Trinajstić information content (AvgIpc) is 2.74. The summed E-state index contributed by atoms with van der Waals surface area (Å²) in [6.07, 6.45) is 6.90. The van der Waals surface area contributed by atoms with Gasteiger partial charge in [0, 0.05) is 12.0 Å². The number of nitrogens with one attached hydrogen (secondary N) is 2. The molecule has 4 aliphatic rings. The SMILES string of the molecule is COc1ccc(CNC(=O)C(NC(=O)C23CC4CC(CC(C4)C2)C3)C(C)C)cc1OC. The highest BCUT2D eigenvalue weighted by molar-refractivity contribution is 5.90. The Kier molecular flexibility index (Phi) is 6.18. The van der Waals surface area contributed by atoms with Crippen molar-refractivity contribution >= 4 is 11.8 Å². The van der Waals surface area contributed by atoms with Gasteiger partial charge in [-0.1, -0.05) is 19.9 Å². The van der Waals surface area contributed by atoms with Crippen LogP contribution in [0.3, 0.4) is 0 Å². The van der Waals surface area contributed by atoms with Crippen molar-refractivity contribution in [1.82, 2.24) is 10.6 Å². The lowest BCUT2D eigenvalue weighted by Gasteiger charge is -2.55. The van der Waals surface area contributed by atoms with Crippen LogP contribution in [-0.4, -0.2) is 32.1 Å². The largest absolute Gasteiger partial charge is 0.493 e. The van der Waals surface area contributed by atoms with Crippen molar-refractivity contribution in [3.8, 4) is 11.5 Å². The minimum absolute atomic E-state index is 0.0169. The number of hydrogen-bond donors (Lipinski definition) is 2. The molecule has 4 bridgehead atoms. The fourth-order valence-corrected chi connectivity index (χ4v) is 6.51. The third kappa shape index (κ3) is 4.39. The molecule has 0 heterocycles. The summed E-state index contributed by atoms with van der Waals surface area (Å²) in [4.78, 5) is 26.4. The van der Waals surface area contributed by atoms with Gasteiger partial charge in [0.25, 0.3) is 0 Å². The fourth-order valence-electron chi connectivity index (χ4n) is 6.51. The molecule has 5 rings (SSSR count). The Morgan fingerprint density at radius 3 is 2.10 bits per heavy atom. The van der Waals surface area contributed by atoms with Crippen LogP contribution in [0.15, 0.2) is 18.2 Å². The van der Waals surface area contributed by atoms with Crippen LogP contribution < -0.4 is 20.1 Å². The van der Waals surface area contributed by atoms with Crippen LogP contribution in [0.2, 0.25) is 0 Å². The Bertz CT molecular complexity index is 800. The molecule has 4 fully saturated rings. The molecule has 4 aliphatic carbocycles. The van der Waals surface area contributed by atoms with Crippen LogP contribution in [0.25, 0.3) is 0 Å². The Labute approximate surface area is 185 Å². The Hall–Kier alpha value is -2.24. The van der Waals surface area contributed by atoms with E-state index in [1.807, 2.05) is 32.0 Å². The van der Waals surface area contributed by atoms with Crippen molar-refractivity contribution in [2.45, 2.75) is 65.0 Å². The molecule has 0 spiro atoms. The highest BCUT2D eigenvalue weighted by Gasteiger charge is 2.55. The number of benzene rings is 1. The van der Waals surface area contributed by atoms with Crippen molar-refractivity contribution in [3.63, 3.8) is 0 Å². The lowest BCUT2D eigenvalue weighted by atomic mass is 9.49. The van der Waals surface area contributed by atoms with Crippen molar-refractivity contribution < 1.29 is 19.1 Å². The summed E-state index contributed by atoms with van der Waals surface area (Å²) < 4.78 is 10.6. The molecular weight excluding hydrogens is 392 g/mol. The molecule has 0 saturated heterocycles. The molecule has 170 valence electrons. The van der Waals surface area contributed by atoms with Crippen molar-refractivity contribution in [1.29, 1.82) is 0 Å². The van der Waals surface area contributed by atoms with Crippen LogP contribution in [0.5, 0.6) is 11.5 Å². The number of ether oxygens (including phenoxy) is 2. The molecule has 6 heteroatoms. The van der Waals surface area contributed by atoms with Crippen LogP contribution in [0.4, 0.5) is 0 Å². The van der Waals surface area contributed by atoms with E-state index in [-0.39, 0.29) is 23.1 Å². The summed E-state index contributed by atoms with van der Waals surface area (Å²) in [5.41, 5.74) is 0.673. The number of amides is 2. The van der Waals surface area contributed by atoms with Crippen LogP contribution >= 0.6 is 0 Å². The van der Waals surface area contributed by atoms with Gasteiger partial charge in [-0.2, -0.15) is 0 Å². The molecule has 2 N–H and O–H groups in total. The highest BCUT2D eigenvalue weighted by Crippen LogP contribution is 2.60. The van der Waals surface area contributed by atoms with E-state index < -0.39 is 6.04 Å². The average molecular weight is 429 g/mol. The molecule has 31 heavy (non-hydrogen) atoms. The second kappa shape index (κ2) is 8.71. The van der Waals surface area contributed by atoms with Crippen LogP contribution in [0, 0.1) is 29.1 Å². The van der Waals surface area contributed by atoms with Crippen molar-refractivity contribution in [2.75, 3.05) is 14.2 Å². The normalized spacial score (nSPS) is 29.5. The first kappa shape index (κ1) is 22.0. The predicted octanol–water partition coefficient (Wildman–Crippen LogP) is 3.68. The van der Waals surface area contributed by atoms with Gasteiger partial charge in [-0.15, -0.1) is 0 Å². The topological polar surface area (TPSA) is 76.7 Å². The molecule has 1 aromatic rings. The molecule has 6 nitrogen and oxygen atoms in total. The van der Waals surface area contributed by atoms with Gasteiger partial charge in [-0.3, -0.25) is 9.59 Å². The van der Waals surface area contributed by atoms with E-state index in [0.717, 1.165) is 24.8 Å². The van der Waals surface area contributed by atoms with E-state index in [1.54, 1.807) is 14.2 Å². The van der Waals surface area contributed by atoms with Gasteiger partial charge >= 0.3 is 0 Å². The Morgan fingerprint density at radius 2 is 1.58 bits per heavy atom. The van der Waals surface area contributed by atoms with Crippen LogP contribution in [-0.2, 0) is 16.1 Å². The lowest BCUT2D eigenvalue weighted by Crippen LogP contribution is -2.58. The minimum atomic E-state index is -0.527. The third-order valence-electron chi connectivity index (χ3n) is 7.67. The molecule has 1 atom stereocenters. The monoisotopic (exact) mass is 428 g/mol. The maximum absolute atomic E-state index is 13.4. The summed E-state index contributed by atoms with van der Waals surface area (Å²) in [5.74, 6) is 3.37. The molecule has 2 amide bonds. The van der Waals surface area contributed by atoms with E-state index in [1.165, 1.54) is 19.3 Å². The number of hydrogen-bond acceptors (Lipinski definition) is 4. The standard InChI is InChI=1S/C25H36N2O4/c1-15(2)22(23(28)26-14-16-5-6-20(30-3)21(10-16)31-4)27-24(29)25-11-17-7-18(12-25)9-19(8-17)13-25/h5-6,10,15,17-19,22H,7-9,11-14H2,1-4H3,(H,26,28)(H,27,29). The number of methoxy groups -OCH3 is 2. The van der Waals surface area contributed by atoms with Gasteiger partial charge in [-0.25, -0.2) is 0 Å². The lowest BCUT2D eigenvalue weighted by molar-refractivity contribution is -0.149. The first-order valence-corrected chi connectivity index (χ1v) is 11.6. The number of carbonyl (C=O) groups is 2. The summed E-state index contributed by atoms with van der Waals surface area (Å²) >= 11 is 0. The van der Waals surface area contributed by atoms with Gasteiger partial charge < -0.3 is 20.1 Å². The minimum Gasteiger partial charge on any atom is -0.493 e. The smallest absolute Gasteiger partial charge is 0.243 e. The first-order valence-electron chi connectivity index (χ1n) is 11.6. The zero-order chi connectivity index (χ0) is 22.2. The molecule has 1 aromatic carbocycles. The second-order valence-corrected chi connectivity index (χ2v) is 10.3. The van der Waals surface area contributed by atoms with E-state index in [4.69, 9.17) is 9.47 Å². The first-order chi connectivity index (χ1) is 14.8. The number of rotatable bonds is 8. The van der Waals surface area contributed by atoms with Crippen molar-refractivity contribution in [2.24, 2.45) is 29.1 Å². The predicted molar refractivity (Wildman–Crippen MR) is 119 cm³/mol. The van der Waals surface area contributed by atoms with Gasteiger partial charge in [0.1, 0.15) is 6.04 Å². The highest BCUT2D eigenvalue weighted by atomic mass is 16.5. The van der Waals surface area contributed by atoms with Gasteiger partial charge in [0.2, 0.25) is 11.8 Å². The number of carbonyl (C=O) groups excluding carboxylic acids is 2. The molecule has 0 aliphatic heterocycles. The zero-order valence-electron chi connectivity index (χ0n) is 19.2. The Balaban J connectivity index is 1.39. The molecule has 1 unspecified atom stereocenters. The molecular formula is C25H36N2O4. The maximum atomic E-state index is 13.4. The third-order valence-corrected chi connectivity index (χ3v) is 7.67. The van der Waals surface area contributed by atoms with E-state index in [9.17, 15) is 9.59 Å². The summed E-state index contributed by atoms with van der Waals surface area (Å²) in [5, 5.41) is 6.15. The van der Waals surface area contributed by atoms with Crippen LogP contribution in [0.1, 0.15) is 57.9 Å². The van der Waals surface area contributed by atoms with E-state index in [0.29, 0.717) is 35.8 Å². The van der Waals surface area contributed by atoms with E-state index in [2.05, 4.69) is 10.6 Å². The van der Waals surface area contributed by atoms with E-state index >= 15 is 0 Å². The Morgan fingerprint density at radius 1 is 1.00 bits per heavy atom. The quantitative estimate of drug-likeness (QED) is 0.662.